The molecular formula is C20H26N2O4S. The number of amides is 1. The van der Waals surface area contributed by atoms with E-state index in [1.807, 2.05) is 12.1 Å². The number of hydrogen-bond acceptors (Lipinski definition) is 4. The van der Waals surface area contributed by atoms with Crippen LogP contribution in [0.3, 0.4) is 0 Å². The molecule has 0 aliphatic heterocycles. The van der Waals surface area contributed by atoms with Gasteiger partial charge in [0.2, 0.25) is 0 Å². The number of nitrogens with one attached hydrogen (secondary N) is 2. The fraction of sp³-hybridized carbons (Fsp3) is 0.350. The lowest BCUT2D eigenvalue weighted by Crippen LogP contribution is -2.28. The van der Waals surface area contributed by atoms with Gasteiger partial charge in [0.25, 0.3) is 15.9 Å². The van der Waals surface area contributed by atoms with Gasteiger partial charge in [-0.1, -0.05) is 32.0 Å². The zero-order chi connectivity index (χ0) is 20.0. The molecule has 0 aliphatic rings. The smallest absolute Gasteiger partial charge is 0.261 e. The average Bonchev–Trinajstić information content (AvgIpc) is 2.62. The Bertz CT molecular complexity index is 891. The van der Waals surface area contributed by atoms with Gasteiger partial charge in [0, 0.05) is 24.9 Å². The van der Waals surface area contributed by atoms with Crippen molar-refractivity contribution < 1.29 is 17.9 Å². The number of methoxy groups -OCH3 is 1. The van der Waals surface area contributed by atoms with Crippen molar-refractivity contribution >= 4 is 21.6 Å². The molecule has 0 aromatic heterocycles. The minimum absolute atomic E-state index is 0.0397. The molecule has 0 bridgehead atoms. The van der Waals surface area contributed by atoms with E-state index in [4.69, 9.17) is 4.74 Å². The highest BCUT2D eigenvalue weighted by Gasteiger charge is 2.18. The first-order chi connectivity index (χ1) is 12.7. The molecule has 7 heteroatoms. The van der Waals surface area contributed by atoms with Crippen molar-refractivity contribution in [3.05, 3.63) is 59.2 Å². The number of rotatable bonds is 8. The molecule has 0 radical (unpaired) electrons. The number of benzene rings is 2. The van der Waals surface area contributed by atoms with Crippen LogP contribution in [0.5, 0.6) is 0 Å². The average molecular weight is 391 g/mol. The third-order valence-electron chi connectivity index (χ3n) is 4.19. The minimum Gasteiger partial charge on any atom is -0.383 e. The van der Waals surface area contributed by atoms with E-state index in [0.717, 1.165) is 5.56 Å². The third kappa shape index (κ3) is 5.55. The van der Waals surface area contributed by atoms with Crippen molar-refractivity contribution in [2.45, 2.75) is 31.6 Å². The SMILES string of the molecule is COCCNC(=O)c1cc(S(=O)(=O)Nc2ccc(C(C)C)cc2)ccc1C. The molecular weight excluding hydrogens is 364 g/mol. The van der Waals surface area contributed by atoms with Gasteiger partial charge in [0.05, 0.1) is 11.5 Å². The maximum Gasteiger partial charge on any atom is 0.261 e. The Morgan fingerprint density at radius 1 is 1.11 bits per heavy atom. The van der Waals surface area contributed by atoms with E-state index in [9.17, 15) is 13.2 Å². The van der Waals surface area contributed by atoms with Crippen molar-refractivity contribution in [2.24, 2.45) is 0 Å². The van der Waals surface area contributed by atoms with Crippen molar-refractivity contribution in [1.29, 1.82) is 0 Å². The summed E-state index contributed by atoms with van der Waals surface area (Å²) in [6.07, 6.45) is 0. The first-order valence-electron chi connectivity index (χ1n) is 8.75. The van der Waals surface area contributed by atoms with Crippen LogP contribution in [0.4, 0.5) is 5.69 Å². The Balaban J connectivity index is 2.22. The molecule has 0 spiro atoms. The number of anilines is 1. The predicted octanol–water partition coefficient (Wildman–Crippen LogP) is 3.30. The fourth-order valence-corrected chi connectivity index (χ4v) is 3.61. The fourth-order valence-electron chi connectivity index (χ4n) is 2.52. The minimum atomic E-state index is -3.80. The normalized spacial score (nSPS) is 11.4. The first-order valence-corrected chi connectivity index (χ1v) is 10.2. The van der Waals surface area contributed by atoms with Crippen molar-refractivity contribution in [3.63, 3.8) is 0 Å². The predicted molar refractivity (Wildman–Crippen MR) is 107 cm³/mol. The van der Waals surface area contributed by atoms with E-state index < -0.39 is 10.0 Å². The molecule has 2 N–H and O–H groups in total. The summed E-state index contributed by atoms with van der Waals surface area (Å²) in [5.74, 6) is 0.0369. The van der Waals surface area contributed by atoms with Gasteiger partial charge >= 0.3 is 0 Å². The van der Waals surface area contributed by atoms with Crippen LogP contribution in [-0.2, 0) is 14.8 Å². The topological polar surface area (TPSA) is 84.5 Å². The van der Waals surface area contributed by atoms with Crippen LogP contribution in [0, 0.1) is 6.92 Å². The molecule has 6 nitrogen and oxygen atoms in total. The Hall–Kier alpha value is -2.38. The monoisotopic (exact) mass is 390 g/mol. The van der Waals surface area contributed by atoms with Crippen LogP contribution in [0.1, 0.15) is 41.3 Å². The highest BCUT2D eigenvalue weighted by atomic mass is 32.2. The van der Waals surface area contributed by atoms with Crippen molar-refractivity contribution in [1.82, 2.24) is 5.32 Å². The number of ether oxygens (including phenoxy) is 1. The summed E-state index contributed by atoms with van der Waals surface area (Å²) in [5.41, 5.74) is 2.63. The van der Waals surface area contributed by atoms with Gasteiger partial charge in [-0.05, 0) is 48.2 Å². The molecule has 0 aliphatic carbocycles. The highest BCUT2D eigenvalue weighted by Crippen LogP contribution is 2.21. The van der Waals surface area contributed by atoms with E-state index in [-0.39, 0.29) is 10.8 Å². The summed E-state index contributed by atoms with van der Waals surface area (Å²) in [6.45, 7) is 6.65. The molecule has 0 saturated heterocycles. The molecule has 1 amide bonds. The van der Waals surface area contributed by atoms with Crippen LogP contribution in [-0.4, -0.2) is 34.6 Å². The number of hydrogen-bond donors (Lipinski definition) is 2. The summed E-state index contributed by atoms with van der Waals surface area (Å²) >= 11 is 0. The molecule has 0 unspecified atom stereocenters. The van der Waals surface area contributed by atoms with Crippen LogP contribution in [0.15, 0.2) is 47.4 Å². The van der Waals surface area contributed by atoms with E-state index in [2.05, 4.69) is 23.9 Å². The molecule has 0 saturated carbocycles. The van der Waals surface area contributed by atoms with E-state index in [0.29, 0.717) is 35.9 Å². The summed E-state index contributed by atoms with van der Waals surface area (Å²) < 4.78 is 32.9. The van der Waals surface area contributed by atoms with Gasteiger partial charge in [0.1, 0.15) is 0 Å². The molecule has 2 rings (SSSR count). The van der Waals surface area contributed by atoms with Gasteiger partial charge in [-0.15, -0.1) is 0 Å². The Labute approximate surface area is 161 Å². The molecule has 2 aromatic carbocycles. The van der Waals surface area contributed by atoms with Gasteiger partial charge in [-0.3, -0.25) is 9.52 Å². The number of carbonyl (C=O) groups excluding carboxylic acids is 1. The highest BCUT2D eigenvalue weighted by molar-refractivity contribution is 7.92. The zero-order valence-electron chi connectivity index (χ0n) is 16.1. The van der Waals surface area contributed by atoms with Gasteiger partial charge in [0.15, 0.2) is 0 Å². The lowest BCUT2D eigenvalue weighted by Gasteiger charge is -2.12. The van der Waals surface area contributed by atoms with Crippen LogP contribution in [0.25, 0.3) is 0 Å². The molecule has 2 aromatic rings. The second-order valence-corrected chi connectivity index (χ2v) is 8.29. The molecule has 146 valence electrons. The van der Waals surface area contributed by atoms with Crippen molar-refractivity contribution in [2.75, 3.05) is 25.0 Å². The van der Waals surface area contributed by atoms with E-state index in [1.165, 1.54) is 12.1 Å². The van der Waals surface area contributed by atoms with E-state index >= 15 is 0 Å². The van der Waals surface area contributed by atoms with Crippen molar-refractivity contribution in [3.8, 4) is 0 Å². The van der Waals surface area contributed by atoms with Gasteiger partial charge < -0.3 is 10.1 Å². The quantitative estimate of drug-likeness (QED) is 0.678. The maximum atomic E-state index is 12.7. The second-order valence-electron chi connectivity index (χ2n) is 6.61. The molecule has 27 heavy (non-hydrogen) atoms. The maximum absolute atomic E-state index is 12.7. The Kier molecular flexibility index (Phi) is 6.98. The molecule has 0 heterocycles. The number of carbonyl (C=O) groups is 1. The summed E-state index contributed by atoms with van der Waals surface area (Å²) in [5, 5.41) is 2.71. The standard InChI is InChI=1S/C20H26N2O4S/c1-14(2)16-6-8-17(9-7-16)22-27(24,25)18-10-5-15(3)19(13-18)20(23)21-11-12-26-4/h5-10,13-14,22H,11-12H2,1-4H3,(H,21,23). The third-order valence-corrected chi connectivity index (χ3v) is 5.56. The summed E-state index contributed by atoms with van der Waals surface area (Å²) in [6, 6.07) is 11.8. The van der Waals surface area contributed by atoms with Crippen LogP contribution < -0.4 is 10.0 Å². The van der Waals surface area contributed by atoms with Gasteiger partial charge in [-0.25, -0.2) is 8.42 Å². The Morgan fingerprint density at radius 2 is 1.78 bits per heavy atom. The first kappa shape index (κ1) is 20.9. The number of sulfonamides is 1. The second kappa shape index (κ2) is 9.01. The lowest BCUT2D eigenvalue weighted by molar-refractivity contribution is 0.0936. The molecule has 0 fully saturated rings. The summed E-state index contributed by atoms with van der Waals surface area (Å²) in [4.78, 5) is 12.3. The van der Waals surface area contributed by atoms with Gasteiger partial charge in [-0.2, -0.15) is 0 Å². The summed E-state index contributed by atoms with van der Waals surface area (Å²) in [7, 11) is -2.25. The zero-order valence-corrected chi connectivity index (χ0v) is 16.9. The van der Waals surface area contributed by atoms with Crippen LogP contribution in [0.2, 0.25) is 0 Å². The molecule has 0 atom stereocenters. The largest absolute Gasteiger partial charge is 0.383 e. The van der Waals surface area contributed by atoms with E-state index in [1.54, 1.807) is 32.2 Å². The number of aryl methyl sites for hydroxylation is 1. The Morgan fingerprint density at radius 3 is 2.37 bits per heavy atom. The lowest BCUT2D eigenvalue weighted by atomic mass is 10.0. The van der Waals surface area contributed by atoms with Crippen LogP contribution >= 0.6 is 0 Å².